The molecule has 1 rings (SSSR count). The highest BCUT2D eigenvalue weighted by Gasteiger charge is 2.02. The lowest BCUT2D eigenvalue weighted by molar-refractivity contribution is 0.239. The van der Waals surface area contributed by atoms with Crippen molar-refractivity contribution in [3.05, 3.63) is 28.3 Å². The number of hydrogen-bond acceptors (Lipinski definition) is 4. The molecule has 1 heterocycles. The first-order valence-corrected chi connectivity index (χ1v) is 3.56. The molecule has 0 aromatic carbocycles. The van der Waals surface area contributed by atoms with Gasteiger partial charge >= 0.3 is 0 Å². The summed E-state index contributed by atoms with van der Waals surface area (Å²) >= 11 is 0. The molecule has 68 valence electrons. The third-order valence-electron chi connectivity index (χ3n) is 1.32. The van der Waals surface area contributed by atoms with Gasteiger partial charge in [0.25, 0.3) is 0 Å². The van der Waals surface area contributed by atoms with Crippen LogP contribution in [0.4, 0.5) is 0 Å². The smallest absolute Gasteiger partial charge is 0.227 e. The fourth-order valence-electron chi connectivity index (χ4n) is 0.746. The third-order valence-corrected chi connectivity index (χ3v) is 1.32. The second kappa shape index (κ2) is 4.33. The van der Waals surface area contributed by atoms with Crippen LogP contribution in [0, 0.1) is 12.3 Å². The van der Waals surface area contributed by atoms with Gasteiger partial charge in [-0.15, -0.1) is 6.42 Å². The summed E-state index contributed by atoms with van der Waals surface area (Å²) in [6, 6.07) is 1.16. The zero-order valence-electron chi connectivity index (χ0n) is 6.82. The molecule has 1 aromatic heterocycles. The highest BCUT2D eigenvalue weighted by molar-refractivity contribution is 5.17. The van der Waals surface area contributed by atoms with Crippen molar-refractivity contribution >= 4 is 0 Å². The van der Waals surface area contributed by atoms with E-state index in [1.165, 1.54) is 0 Å². The molecule has 13 heavy (non-hydrogen) atoms. The van der Waals surface area contributed by atoms with Crippen LogP contribution in [0.3, 0.4) is 0 Å². The van der Waals surface area contributed by atoms with Gasteiger partial charge in [-0.1, -0.05) is 5.92 Å². The lowest BCUT2D eigenvalue weighted by Gasteiger charge is -2.00. The van der Waals surface area contributed by atoms with Crippen molar-refractivity contribution < 1.29 is 14.3 Å². The average Bonchev–Trinajstić information content (AvgIpc) is 2.16. The molecule has 0 saturated heterocycles. The Morgan fingerprint density at radius 3 is 3.00 bits per heavy atom. The van der Waals surface area contributed by atoms with Crippen molar-refractivity contribution in [1.82, 2.24) is 0 Å². The predicted molar refractivity (Wildman–Crippen MR) is 45.2 cm³/mol. The van der Waals surface area contributed by atoms with Crippen molar-refractivity contribution in [2.75, 3.05) is 6.61 Å². The lowest BCUT2D eigenvalue weighted by Crippen LogP contribution is -2.07. The summed E-state index contributed by atoms with van der Waals surface area (Å²) in [7, 11) is 0. The van der Waals surface area contributed by atoms with Gasteiger partial charge in [-0.25, -0.2) is 0 Å². The minimum absolute atomic E-state index is 0.0171. The van der Waals surface area contributed by atoms with Crippen LogP contribution in [-0.4, -0.2) is 11.7 Å². The fraction of sp³-hybridized carbons (Fsp3) is 0.222. The van der Waals surface area contributed by atoms with Gasteiger partial charge < -0.3 is 14.3 Å². The molecule has 0 bridgehead atoms. The van der Waals surface area contributed by atoms with Gasteiger partial charge in [0, 0.05) is 6.07 Å². The van der Waals surface area contributed by atoms with Crippen molar-refractivity contribution in [3.63, 3.8) is 0 Å². The fourth-order valence-corrected chi connectivity index (χ4v) is 0.746. The first-order chi connectivity index (χ1) is 6.27. The Morgan fingerprint density at radius 1 is 1.69 bits per heavy atom. The van der Waals surface area contributed by atoms with E-state index in [-0.39, 0.29) is 30.2 Å². The van der Waals surface area contributed by atoms with E-state index in [0.717, 1.165) is 12.3 Å². The summed E-state index contributed by atoms with van der Waals surface area (Å²) in [5.74, 6) is 2.46. The topological polar surface area (TPSA) is 59.7 Å². The van der Waals surface area contributed by atoms with Crippen LogP contribution < -0.4 is 10.2 Å². The second-order valence-corrected chi connectivity index (χ2v) is 2.23. The first-order valence-electron chi connectivity index (χ1n) is 3.56. The van der Waals surface area contributed by atoms with E-state index in [1.54, 1.807) is 0 Å². The van der Waals surface area contributed by atoms with Crippen LogP contribution in [0.2, 0.25) is 0 Å². The maximum Gasteiger partial charge on any atom is 0.227 e. The molecule has 0 saturated carbocycles. The Kier molecular flexibility index (Phi) is 3.12. The van der Waals surface area contributed by atoms with Crippen LogP contribution in [0.1, 0.15) is 5.76 Å². The summed E-state index contributed by atoms with van der Waals surface area (Å²) in [4.78, 5) is 11.1. The largest absolute Gasteiger partial charge is 0.474 e. The molecule has 1 aromatic rings. The van der Waals surface area contributed by atoms with E-state index in [9.17, 15) is 4.79 Å². The van der Waals surface area contributed by atoms with E-state index in [1.807, 2.05) is 0 Å². The van der Waals surface area contributed by atoms with E-state index < -0.39 is 0 Å². The highest BCUT2D eigenvalue weighted by atomic mass is 16.5. The number of terminal acetylenes is 1. The summed E-state index contributed by atoms with van der Waals surface area (Å²) in [6.07, 6.45) is 6.07. The van der Waals surface area contributed by atoms with E-state index in [2.05, 4.69) is 5.92 Å². The molecule has 1 N–H and O–H groups in total. The summed E-state index contributed by atoms with van der Waals surface area (Å²) in [5, 5.41) is 8.62. The predicted octanol–water partition coefficient (Wildman–Crippen LogP) is 0.144. The second-order valence-electron chi connectivity index (χ2n) is 2.23. The Hall–Kier alpha value is -1.73. The SMILES string of the molecule is C#CCOc1coc(CO)cc1=O. The molecule has 0 aliphatic heterocycles. The Bertz CT molecular complexity index is 372. The first kappa shape index (κ1) is 9.36. The highest BCUT2D eigenvalue weighted by Crippen LogP contribution is 2.04. The molecular weight excluding hydrogens is 172 g/mol. The lowest BCUT2D eigenvalue weighted by atomic mass is 10.4. The number of hydrogen-bond donors (Lipinski definition) is 1. The molecule has 0 atom stereocenters. The third kappa shape index (κ3) is 2.36. The molecule has 4 heteroatoms. The van der Waals surface area contributed by atoms with E-state index >= 15 is 0 Å². The molecular formula is C9H8O4. The standard InChI is InChI=1S/C9H8O4/c1-2-3-12-9-6-13-7(5-10)4-8(9)11/h1,4,6,10H,3,5H2. The molecule has 0 radical (unpaired) electrons. The van der Waals surface area contributed by atoms with Gasteiger partial charge in [0.05, 0.1) is 0 Å². The zero-order chi connectivity index (χ0) is 9.68. The summed E-state index contributed by atoms with van der Waals surface area (Å²) in [6.45, 7) is -0.298. The van der Waals surface area contributed by atoms with Gasteiger partial charge in [0.15, 0.2) is 0 Å². The van der Waals surface area contributed by atoms with Crippen molar-refractivity contribution in [2.24, 2.45) is 0 Å². The average molecular weight is 180 g/mol. The van der Waals surface area contributed by atoms with Crippen molar-refractivity contribution in [2.45, 2.75) is 6.61 Å². The monoisotopic (exact) mass is 180 g/mol. The zero-order valence-corrected chi connectivity index (χ0v) is 6.82. The summed E-state index contributed by atoms with van der Waals surface area (Å²) < 4.78 is 9.70. The van der Waals surface area contributed by atoms with Gasteiger partial charge in [-0.05, 0) is 0 Å². The quantitative estimate of drug-likeness (QED) is 0.672. The molecule has 0 unspecified atom stereocenters. The number of ether oxygens (including phenoxy) is 1. The molecule has 0 aliphatic carbocycles. The summed E-state index contributed by atoms with van der Waals surface area (Å²) in [5.41, 5.74) is -0.356. The van der Waals surface area contributed by atoms with Gasteiger partial charge in [-0.3, -0.25) is 4.79 Å². The minimum atomic E-state index is -0.356. The van der Waals surface area contributed by atoms with Crippen LogP contribution in [-0.2, 0) is 6.61 Å². The number of rotatable bonds is 3. The minimum Gasteiger partial charge on any atom is -0.474 e. The Morgan fingerprint density at radius 2 is 2.46 bits per heavy atom. The molecule has 4 nitrogen and oxygen atoms in total. The van der Waals surface area contributed by atoms with E-state index in [4.69, 9.17) is 20.7 Å². The van der Waals surface area contributed by atoms with Crippen molar-refractivity contribution in [3.8, 4) is 18.1 Å². The number of aliphatic hydroxyl groups excluding tert-OH is 1. The maximum absolute atomic E-state index is 11.1. The maximum atomic E-state index is 11.1. The van der Waals surface area contributed by atoms with Gasteiger partial charge in [-0.2, -0.15) is 0 Å². The molecule has 0 aliphatic rings. The Labute approximate surface area is 74.8 Å². The van der Waals surface area contributed by atoms with Gasteiger partial charge in [0.1, 0.15) is 25.2 Å². The molecule has 0 spiro atoms. The van der Waals surface area contributed by atoms with Crippen LogP contribution in [0.5, 0.6) is 5.75 Å². The molecule has 0 amide bonds. The van der Waals surface area contributed by atoms with Crippen LogP contribution >= 0.6 is 0 Å². The van der Waals surface area contributed by atoms with E-state index in [0.29, 0.717) is 0 Å². The molecule has 0 fully saturated rings. The van der Waals surface area contributed by atoms with Crippen molar-refractivity contribution in [1.29, 1.82) is 0 Å². The number of aliphatic hydroxyl groups is 1. The Balaban J connectivity index is 2.87. The van der Waals surface area contributed by atoms with Crippen LogP contribution in [0.25, 0.3) is 0 Å². The van der Waals surface area contributed by atoms with Crippen LogP contribution in [0.15, 0.2) is 21.5 Å². The van der Waals surface area contributed by atoms with Gasteiger partial charge in [0.2, 0.25) is 11.2 Å². The normalized spacial score (nSPS) is 9.23.